The lowest BCUT2D eigenvalue weighted by atomic mass is 10.2. The Bertz CT molecular complexity index is 345. The summed E-state index contributed by atoms with van der Waals surface area (Å²) < 4.78 is 5.66. The summed E-state index contributed by atoms with van der Waals surface area (Å²) >= 11 is 5.92. The molecule has 3 nitrogen and oxygen atoms in total. The SMILES string of the molecule is Cc1nc(Cl)c(C)c(OC(C)(C)C)n1. The fraction of sp³-hybridized carbons (Fsp3) is 0.600. The first-order valence-electron chi connectivity index (χ1n) is 4.49. The Morgan fingerprint density at radius 1 is 1.14 bits per heavy atom. The van der Waals surface area contributed by atoms with E-state index in [1.54, 1.807) is 6.92 Å². The summed E-state index contributed by atoms with van der Waals surface area (Å²) in [6.45, 7) is 9.55. The van der Waals surface area contributed by atoms with Crippen LogP contribution >= 0.6 is 11.6 Å². The zero-order valence-corrected chi connectivity index (χ0v) is 9.94. The Kier molecular flexibility index (Phi) is 3.00. The van der Waals surface area contributed by atoms with Gasteiger partial charge in [-0.1, -0.05) is 11.6 Å². The second-order valence-corrected chi connectivity index (χ2v) is 4.56. The van der Waals surface area contributed by atoms with Crippen molar-refractivity contribution in [3.05, 3.63) is 16.5 Å². The molecule has 0 amide bonds. The molecule has 1 aromatic heterocycles. The van der Waals surface area contributed by atoms with Crippen LogP contribution in [-0.4, -0.2) is 15.6 Å². The second-order valence-electron chi connectivity index (χ2n) is 4.21. The molecule has 0 saturated carbocycles. The van der Waals surface area contributed by atoms with E-state index >= 15 is 0 Å². The summed E-state index contributed by atoms with van der Waals surface area (Å²) in [5.41, 5.74) is 0.515. The predicted octanol–water partition coefficient (Wildman–Crippen LogP) is 2.92. The molecule has 1 heterocycles. The van der Waals surface area contributed by atoms with Gasteiger partial charge in [0.15, 0.2) is 0 Å². The highest BCUT2D eigenvalue weighted by Gasteiger charge is 2.16. The first kappa shape index (κ1) is 11.2. The molecule has 0 atom stereocenters. The summed E-state index contributed by atoms with van der Waals surface area (Å²) in [4.78, 5) is 8.24. The third-order valence-electron chi connectivity index (χ3n) is 1.56. The Morgan fingerprint density at radius 2 is 1.71 bits per heavy atom. The van der Waals surface area contributed by atoms with Gasteiger partial charge in [-0.25, -0.2) is 4.98 Å². The zero-order valence-electron chi connectivity index (χ0n) is 9.18. The maximum Gasteiger partial charge on any atom is 0.221 e. The molecule has 1 aromatic rings. The van der Waals surface area contributed by atoms with Gasteiger partial charge in [-0.3, -0.25) is 0 Å². The largest absolute Gasteiger partial charge is 0.472 e. The van der Waals surface area contributed by atoms with E-state index in [9.17, 15) is 0 Å². The maximum absolute atomic E-state index is 5.92. The lowest BCUT2D eigenvalue weighted by molar-refractivity contribution is 0.122. The average molecular weight is 215 g/mol. The van der Waals surface area contributed by atoms with E-state index in [4.69, 9.17) is 16.3 Å². The quantitative estimate of drug-likeness (QED) is 0.675. The Labute approximate surface area is 89.5 Å². The number of ether oxygens (including phenoxy) is 1. The monoisotopic (exact) mass is 214 g/mol. The van der Waals surface area contributed by atoms with E-state index < -0.39 is 0 Å². The smallest absolute Gasteiger partial charge is 0.221 e. The minimum Gasteiger partial charge on any atom is -0.472 e. The Morgan fingerprint density at radius 3 is 2.21 bits per heavy atom. The van der Waals surface area contributed by atoms with Crippen molar-refractivity contribution in [1.82, 2.24) is 9.97 Å². The molecular formula is C10H15ClN2O. The highest BCUT2D eigenvalue weighted by atomic mass is 35.5. The topological polar surface area (TPSA) is 35.0 Å². The molecule has 0 aliphatic rings. The van der Waals surface area contributed by atoms with Gasteiger partial charge in [-0.05, 0) is 34.6 Å². The van der Waals surface area contributed by atoms with Crippen molar-refractivity contribution >= 4 is 11.6 Å². The Balaban J connectivity index is 3.09. The minimum absolute atomic E-state index is 0.269. The zero-order chi connectivity index (χ0) is 10.9. The standard InChI is InChI=1S/C10H15ClN2O/c1-6-8(11)12-7(2)13-9(6)14-10(3,4)5/h1-5H3. The van der Waals surface area contributed by atoms with Crippen LogP contribution < -0.4 is 4.74 Å². The third kappa shape index (κ3) is 2.84. The first-order chi connectivity index (χ1) is 6.29. The highest BCUT2D eigenvalue weighted by molar-refractivity contribution is 6.30. The average Bonchev–Trinajstić information content (AvgIpc) is 1.96. The second kappa shape index (κ2) is 3.73. The molecule has 0 aliphatic carbocycles. The van der Waals surface area contributed by atoms with E-state index in [1.807, 2.05) is 27.7 Å². The van der Waals surface area contributed by atoms with E-state index in [-0.39, 0.29) is 5.60 Å². The maximum atomic E-state index is 5.92. The van der Waals surface area contributed by atoms with Crippen LogP contribution in [0.15, 0.2) is 0 Å². The van der Waals surface area contributed by atoms with Crippen LogP contribution in [0.4, 0.5) is 0 Å². The summed E-state index contributed by atoms with van der Waals surface area (Å²) in [5.74, 6) is 1.19. The van der Waals surface area contributed by atoms with Crippen LogP contribution in [-0.2, 0) is 0 Å². The van der Waals surface area contributed by atoms with Crippen LogP contribution in [0.3, 0.4) is 0 Å². The van der Waals surface area contributed by atoms with Crippen molar-refractivity contribution in [2.75, 3.05) is 0 Å². The fourth-order valence-electron chi connectivity index (χ4n) is 0.959. The van der Waals surface area contributed by atoms with Crippen LogP contribution in [0.25, 0.3) is 0 Å². The first-order valence-corrected chi connectivity index (χ1v) is 4.87. The van der Waals surface area contributed by atoms with E-state index in [0.717, 1.165) is 5.56 Å². The van der Waals surface area contributed by atoms with Crippen LogP contribution in [0.2, 0.25) is 5.15 Å². The van der Waals surface area contributed by atoms with Crippen molar-refractivity contribution in [2.24, 2.45) is 0 Å². The number of halogens is 1. The van der Waals surface area contributed by atoms with Gasteiger partial charge < -0.3 is 4.74 Å². The normalized spacial score (nSPS) is 11.6. The predicted molar refractivity (Wildman–Crippen MR) is 56.9 cm³/mol. The number of aryl methyl sites for hydroxylation is 1. The van der Waals surface area contributed by atoms with Gasteiger partial charge in [0.1, 0.15) is 16.6 Å². The van der Waals surface area contributed by atoms with Crippen molar-refractivity contribution in [3.63, 3.8) is 0 Å². The summed E-state index contributed by atoms with van der Waals surface area (Å²) in [6, 6.07) is 0. The molecule has 0 aromatic carbocycles. The molecule has 0 fully saturated rings. The highest BCUT2D eigenvalue weighted by Crippen LogP contribution is 2.24. The van der Waals surface area contributed by atoms with E-state index in [1.165, 1.54) is 0 Å². The number of aromatic nitrogens is 2. The summed E-state index contributed by atoms with van der Waals surface area (Å²) in [5, 5.41) is 0.455. The van der Waals surface area contributed by atoms with Crippen LogP contribution in [0.1, 0.15) is 32.2 Å². The number of nitrogens with zero attached hydrogens (tertiary/aromatic N) is 2. The molecule has 0 aliphatic heterocycles. The lowest BCUT2D eigenvalue weighted by Gasteiger charge is -2.21. The fourth-order valence-corrected chi connectivity index (χ4v) is 1.16. The van der Waals surface area contributed by atoms with Gasteiger partial charge in [0.25, 0.3) is 0 Å². The molecule has 0 radical (unpaired) electrons. The summed E-state index contributed by atoms with van der Waals surface area (Å²) in [7, 11) is 0. The van der Waals surface area contributed by atoms with Crippen LogP contribution in [0, 0.1) is 13.8 Å². The molecule has 0 saturated heterocycles. The summed E-state index contributed by atoms with van der Waals surface area (Å²) in [6.07, 6.45) is 0. The van der Waals surface area contributed by atoms with Crippen molar-refractivity contribution in [2.45, 2.75) is 40.2 Å². The van der Waals surface area contributed by atoms with Crippen molar-refractivity contribution < 1.29 is 4.74 Å². The molecule has 0 N–H and O–H groups in total. The van der Waals surface area contributed by atoms with E-state index in [0.29, 0.717) is 16.9 Å². The van der Waals surface area contributed by atoms with Gasteiger partial charge in [0.05, 0.1) is 0 Å². The van der Waals surface area contributed by atoms with Gasteiger partial charge in [-0.2, -0.15) is 4.98 Å². The number of hydrogen-bond acceptors (Lipinski definition) is 3. The molecule has 1 rings (SSSR count). The number of rotatable bonds is 1. The molecule has 4 heteroatoms. The van der Waals surface area contributed by atoms with E-state index in [2.05, 4.69) is 9.97 Å². The van der Waals surface area contributed by atoms with Gasteiger partial charge >= 0.3 is 0 Å². The van der Waals surface area contributed by atoms with Gasteiger partial charge in [-0.15, -0.1) is 0 Å². The van der Waals surface area contributed by atoms with Gasteiger partial charge in [0, 0.05) is 5.56 Å². The molecular weight excluding hydrogens is 200 g/mol. The molecule has 78 valence electrons. The number of hydrogen-bond donors (Lipinski definition) is 0. The third-order valence-corrected chi connectivity index (χ3v) is 1.92. The molecule has 0 bridgehead atoms. The Hall–Kier alpha value is -0.830. The lowest BCUT2D eigenvalue weighted by Crippen LogP contribution is -2.24. The van der Waals surface area contributed by atoms with Crippen molar-refractivity contribution in [1.29, 1.82) is 0 Å². The van der Waals surface area contributed by atoms with Gasteiger partial charge in [0.2, 0.25) is 5.88 Å². The molecule has 14 heavy (non-hydrogen) atoms. The van der Waals surface area contributed by atoms with Crippen LogP contribution in [0.5, 0.6) is 5.88 Å². The van der Waals surface area contributed by atoms with Crippen molar-refractivity contribution in [3.8, 4) is 5.88 Å². The molecule has 0 unspecified atom stereocenters. The minimum atomic E-state index is -0.269. The molecule has 0 spiro atoms.